The fraction of sp³-hybridized carbons (Fsp3) is 0.333. The molecule has 0 atom stereocenters. The SMILES string of the molecule is O=C(O)Cc1ccc(C(F)F)c(CBr)n1. The van der Waals surface area contributed by atoms with Crippen LogP contribution < -0.4 is 0 Å². The van der Waals surface area contributed by atoms with Crippen LogP contribution in [0.15, 0.2) is 12.1 Å². The first-order chi connectivity index (χ1) is 7.04. The van der Waals surface area contributed by atoms with Crippen molar-refractivity contribution in [2.45, 2.75) is 18.2 Å². The Labute approximate surface area is 93.3 Å². The summed E-state index contributed by atoms with van der Waals surface area (Å²) in [6.45, 7) is 0. The molecule has 0 spiro atoms. The van der Waals surface area contributed by atoms with Crippen LogP contribution in [0.1, 0.15) is 23.4 Å². The van der Waals surface area contributed by atoms with E-state index in [4.69, 9.17) is 5.11 Å². The van der Waals surface area contributed by atoms with E-state index in [0.717, 1.165) is 0 Å². The minimum atomic E-state index is -2.59. The lowest BCUT2D eigenvalue weighted by molar-refractivity contribution is -0.136. The number of carboxylic acid groups (broad SMARTS) is 1. The monoisotopic (exact) mass is 279 g/mol. The van der Waals surface area contributed by atoms with Crippen LogP contribution in [-0.2, 0) is 16.5 Å². The molecule has 0 amide bonds. The number of carboxylic acids is 1. The van der Waals surface area contributed by atoms with Gasteiger partial charge in [-0.1, -0.05) is 15.9 Å². The highest BCUT2D eigenvalue weighted by atomic mass is 79.9. The lowest BCUT2D eigenvalue weighted by Crippen LogP contribution is -2.05. The van der Waals surface area contributed by atoms with Gasteiger partial charge in [0.25, 0.3) is 6.43 Å². The van der Waals surface area contributed by atoms with Crippen LogP contribution in [0.25, 0.3) is 0 Å². The molecule has 0 unspecified atom stereocenters. The lowest BCUT2D eigenvalue weighted by atomic mass is 10.1. The van der Waals surface area contributed by atoms with Crippen molar-refractivity contribution in [3.05, 3.63) is 29.1 Å². The summed E-state index contributed by atoms with van der Waals surface area (Å²) in [4.78, 5) is 14.2. The number of halogens is 3. The zero-order chi connectivity index (χ0) is 11.4. The van der Waals surface area contributed by atoms with E-state index in [0.29, 0.717) is 0 Å². The van der Waals surface area contributed by atoms with E-state index in [9.17, 15) is 13.6 Å². The van der Waals surface area contributed by atoms with Gasteiger partial charge in [0.05, 0.1) is 17.8 Å². The van der Waals surface area contributed by atoms with Crippen LogP contribution in [0.4, 0.5) is 8.78 Å². The number of alkyl halides is 3. The summed E-state index contributed by atoms with van der Waals surface area (Å²) in [5, 5.41) is 8.69. The molecule has 0 aromatic carbocycles. The van der Waals surface area contributed by atoms with E-state index in [2.05, 4.69) is 20.9 Å². The topological polar surface area (TPSA) is 50.2 Å². The molecule has 3 nitrogen and oxygen atoms in total. The second-order valence-corrected chi connectivity index (χ2v) is 3.40. The molecule has 15 heavy (non-hydrogen) atoms. The first-order valence-corrected chi connectivity index (χ1v) is 5.21. The molecule has 0 aliphatic heterocycles. The Morgan fingerprint density at radius 2 is 2.20 bits per heavy atom. The third-order valence-electron chi connectivity index (χ3n) is 1.76. The smallest absolute Gasteiger partial charge is 0.309 e. The first-order valence-electron chi connectivity index (χ1n) is 4.09. The summed E-state index contributed by atoms with van der Waals surface area (Å²) < 4.78 is 24.9. The van der Waals surface area contributed by atoms with Crippen molar-refractivity contribution < 1.29 is 18.7 Å². The minimum Gasteiger partial charge on any atom is -0.481 e. The van der Waals surface area contributed by atoms with Crippen molar-refractivity contribution in [3.8, 4) is 0 Å². The highest BCUT2D eigenvalue weighted by Crippen LogP contribution is 2.23. The molecular formula is C9H8BrF2NO2. The molecule has 0 aliphatic rings. The Morgan fingerprint density at radius 1 is 1.53 bits per heavy atom. The fourth-order valence-electron chi connectivity index (χ4n) is 1.12. The largest absolute Gasteiger partial charge is 0.481 e. The number of nitrogens with zero attached hydrogens (tertiary/aromatic N) is 1. The minimum absolute atomic E-state index is 0.166. The molecule has 1 rings (SSSR count). The van der Waals surface area contributed by atoms with Gasteiger partial charge in [-0.25, -0.2) is 8.78 Å². The van der Waals surface area contributed by atoms with Crippen LogP contribution in [-0.4, -0.2) is 16.1 Å². The molecule has 1 N–H and O–H groups in total. The maximum atomic E-state index is 12.4. The molecule has 1 heterocycles. The van der Waals surface area contributed by atoms with Gasteiger partial charge in [-0.05, 0) is 12.1 Å². The predicted octanol–water partition coefficient (Wildman–Crippen LogP) is 2.54. The highest BCUT2D eigenvalue weighted by Gasteiger charge is 2.14. The molecule has 0 aliphatic carbocycles. The molecule has 0 bridgehead atoms. The first kappa shape index (κ1) is 12.0. The van der Waals surface area contributed by atoms with E-state index in [1.54, 1.807) is 0 Å². The third kappa shape index (κ3) is 3.23. The number of hydrogen-bond donors (Lipinski definition) is 1. The quantitative estimate of drug-likeness (QED) is 0.862. The van der Waals surface area contributed by atoms with Crippen molar-refractivity contribution in [2.24, 2.45) is 0 Å². The van der Waals surface area contributed by atoms with Gasteiger partial charge in [0.2, 0.25) is 0 Å². The van der Waals surface area contributed by atoms with Gasteiger partial charge in [-0.15, -0.1) is 0 Å². The summed E-state index contributed by atoms with van der Waals surface area (Å²) in [5.41, 5.74) is 0.297. The average molecular weight is 280 g/mol. The maximum absolute atomic E-state index is 12.4. The van der Waals surface area contributed by atoms with Gasteiger partial charge >= 0.3 is 5.97 Å². The number of hydrogen-bond acceptors (Lipinski definition) is 2. The fourth-order valence-corrected chi connectivity index (χ4v) is 1.57. The van der Waals surface area contributed by atoms with Crippen molar-refractivity contribution in [2.75, 3.05) is 0 Å². The standard InChI is InChI=1S/C9H8BrF2NO2/c10-4-7-6(9(11)12)2-1-5(13-7)3-8(14)15/h1-2,9H,3-4H2,(H,14,15). The lowest BCUT2D eigenvalue weighted by Gasteiger charge is -2.06. The molecule has 0 saturated carbocycles. The highest BCUT2D eigenvalue weighted by molar-refractivity contribution is 9.08. The Hall–Kier alpha value is -1.04. The molecule has 1 aromatic rings. The number of aromatic nitrogens is 1. The van der Waals surface area contributed by atoms with Gasteiger partial charge in [-0.3, -0.25) is 9.78 Å². The summed E-state index contributed by atoms with van der Waals surface area (Å²) in [6, 6.07) is 2.52. The van der Waals surface area contributed by atoms with Crippen molar-refractivity contribution in [3.63, 3.8) is 0 Å². The van der Waals surface area contributed by atoms with E-state index in [1.165, 1.54) is 12.1 Å². The van der Waals surface area contributed by atoms with Gasteiger partial charge in [-0.2, -0.15) is 0 Å². The van der Waals surface area contributed by atoms with E-state index in [-0.39, 0.29) is 28.7 Å². The predicted molar refractivity (Wildman–Crippen MR) is 53.2 cm³/mol. The summed E-state index contributed by atoms with van der Waals surface area (Å²) in [7, 11) is 0. The second kappa shape index (κ2) is 5.16. The van der Waals surface area contributed by atoms with Crippen LogP contribution in [0, 0.1) is 0 Å². The average Bonchev–Trinajstić information content (AvgIpc) is 2.16. The zero-order valence-electron chi connectivity index (χ0n) is 7.58. The van der Waals surface area contributed by atoms with Gasteiger partial charge < -0.3 is 5.11 Å². The van der Waals surface area contributed by atoms with Crippen LogP contribution in [0.5, 0.6) is 0 Å². The molecular weight excluding hydrogens is 272 g/mol. The number of carbonyl (C=O) groups is 1. The van der Waals surface area contributed by atoms with E-state index >= 15 is 0 Å². The molecule has 0 fully saturated rings. The Morgan fingerprint density at radius 3 is 2.67 bits per heavy atom. The Bertz CT molecular complexity index is 371. The Kier molecular flexibility index (Phi) is 4.14. The summed E-state index contributed by atoms with van der Waals surface area (Å²) in [6.07, 6.45) is -2.85. The number of aliphatic carboxylic acids is 1. The number of pyridine rings is 1. The number of rotatable bonds is 4. The molecule has 0 radical (unpaired) electrons. The van der Waals surface area contributed by atoms with Crippen molar-refractivity contribution in [1.29, 1.82) is 0 Å². The van der Waals surface area contributed by atoms with Crippen LogP contribution in [0.3, 0.4) is 0 Å². The van der Waals surface area contributed by atoms with Gasteiger partial charge in [0.1, 0.15) is 0 Å². The molecule has 1 aromatic heterocycles. The summed E-state index contributed by atoms with van der Waals surface area (Å²) in [5.74, 6) is -1.03. The Balaban J connectivity index is 3.02. The van der Waals surface area contributed by atoms with E-state index in [1.807, 2.05) is 0 Å². The zero-order valence-corrected chi connectivity index (χ0v) is 9.17. The second-order valence-electron chi connectivity index (χ2n) is 2.84. The third-order valence-corrected chi connectivity index (χ3v) is 2.29. The normalized spacial score (nSPS) is 10.7. The van der Waals surface area contributed by atoms with Crippen LogP contribution >= 0.6 is 15.9 Å². The van der Waals surface area contributed by atoms with Crippen LogP contribution in [0.2, 0.25) is 0 Å². The molecule has 82 valence electrons. The molecule has 6 heteroatoms. The maximum Gasteiger partial charge on any atom is 0.309 e. The van der Waals surface area contributed by atoms with Crippen molar-refractivity contribution >= 4 is 21.9 Å². The summed E-state index contributed by atoms with van der Waals surface area (Å²) >= 11 is 3.03. The van der Waals surface area contributed by atoms with Crippen molar-refractivity contribution in [1.82, 2.24) is 4.98 Å². The van der Waals surface area contributed by atoms with Gasteiger partial charge in [0.15, 0.2) is 0 Å². The van der Waals surface area contributed by atoms with E-state index < -0.39 is 12.4 Å². The molecule has 0 saturated heterocycles. The van der Waals surface area contributed by atoms with Gasteiger partial charge in [0, 0.05) is 10.9 Å².